The molecule has 19 heavy (non-hydrogen) atoms. The van der Waals surface area contributed by atoms with Crippen LogP contribution in [0.5, 0.6) is 5.75 Å². The normalized spacial score (nSPS) is 14.7. The molecule has 1 saturated carbocycles. The van der Waals surface area contributed by atoms with Gasteiger partial charge in [0.25, 0.3) is 0 Å². The van der Waals surface area contributed by atoms with E-state index in [9.17, 15) is 4.79 Å². The maximum absolute atomic E-state index is 10.4. The van der Waals surface area contributed by atoms with Crippen LogP contribution in [0.3, 0.4) is 0 Å². The topological polar surface area (TPSA) is 55.8 Å². The zero-order chi connectivity index (χ0) is 13.5. The van der Waals surface area contributed by atoms with Crippen molar-refractivity contribution in [3.63, 3.8) is 0 Å². The van der Waals surface area contributed by atoms with Gasteiger partial charge in [-0.3, -0.25) is 0 Å². The van der Waals surface area contributed by atoms with Gasteiger partial charge < -0.3 is 14.6 Å². The van der Waals surface area contributed by atoms with Gasteiger partial charge in [-0.1, -0.05) is 12.1 Å². The van der Waals surface area contributed by atoms with E-state index in [-0.39, 0.29) is 0 Å². The van der Waals surface area contributed by atoms with Crippen molar-refractivity contribution in [2.24, 2.45) is 5.92 Å². The van der Waals surface area contributed by atoms with E-state index in [1.165, 1.54) is 12.8 Å². The molecular weight excluding hydrogens is 244 g/mol. The Morgan fingerprint density at radius 3 is 2.63 bits per heavy atom. The molecule has 102 valence electrons. The lowest BCUT2D eigenvalue weighted by Gasteiger charge is -2.07. The molecule has 4 nitrogen and oxygen atoms in total. The minimum atomic E-state index is -0.951. The number of ether oxygens (including phenoxy) is 2. The van der Waals surface area contributed by atoms with E-state index in [0.717, 1.165) is 29.9 Å². The third-order valence-corrected chi connectivity index (χ3v) is 2.85. The second-order valence-electron chi connectivity index (χ2n) is 4.61. The molecule has 1 aromatic rings. The van der Waals surface area contributed by atoms with Crippen LogP contribution in [0, 0.1) is 5.92 Å². The minimum Gasteiger partial charge on any atom is -0.491 e. The first-order valence-corrected chi connectivity index (χ1v) is 6.45. The molecule has 0 heterocycles. The van der Waals surface area contributed by atoms with E-state index >= 15 is 0 Å². The molecule has 0 aliphatic heterocycles. The summed E-state index contributed by atoms with van der Waals surface area (Å²) in [5.74, 6) is 0.593. The Bertz CT molecular complexity index is 432. The predicted octanol–water partition coefficient (Wildman–Crippen LogP) is 2.59. The molecule has 0 unspecified atom stereocenters. The largest absolute Gasteiger partial charge is 0.491 e. The van der Waals surface area contributed by atoms with E-state index in [0.29, 0.717) is 13.2 Å². The quantitative estimate of drug-likeness (QED) is 0.578. The minimum absolute atomic E-state index is 0.539. The van der Waals surface area contributed by atoms with Crippen LogP contribution in [-0.4, -0.2) is 30.9 Å². The standard InChI is InChI=1S/C15H18O4/c16-15(17)8-5-12-3-6-14(7-4-12)19-10-9-18-11-13-1-2-13/h3-8,13H,1-2,9-11H2,(H,16,17). The highest BCUT2D eigenvalue weighted by Gasteiger charge is 2.20. The summed E-state index contributed by atoms with van der Waals surface area (Å²) in [4.78, 5) is 10.4. The molecule has 0 aromatic heterocycles. The van der Waals surface area contributed by atoms with E-state index in [1.54, 1.807) is 6.08 Å². The highest BCUT2D eigenvalue weighted by Crippen LogP contribution is 2.28. The van der Waals surface area contributed by atoms with Crippen molar-refractivity contribution >= 4 is 12.0 Å². The number of aliphatic carboxylic acids is 1. The summed E-state index contributed by atoms with van der Waals surface area (Å²) in [5, 5.41) is 8.51. The molecule has 4 heteroatoms. The molecule has 1 aliphatic rings. The third kappa shape index (κ3) is 5.57. The molecular formula is C15H18O4. The predicted molar refractivity (Wildman–Crippen MR) is 72.1 cm³/mol. The van der Waals surface area contributed by atoms with Crippen molar-refractivity contribution < 1.29 is 19.4 Å². The molecule has 0 amide bonds. The number of hydrogen-bond donors (Lipinski definition) is 1. The van der Waals surface area contributed by atoms with Crippen LogP contribution < -0.4 is 4.74 Å². The summed E-state index contributed by atoms with van der Waals surface area (Å²) in [7, 11) is 0. The first-order chi connectivity index (χ1) is 9.24. The van der Waals surface area contributed by atoms with Crippen molar-refractivity contribution in [2.75, 3.05) is 19.8 Å². The Morgan fingerprint density at radius 1 is 1.26 bits per heavy atom. The van der Waals surface area contributed by atoms with Gasteiger partial charge in [-0.15, -0.1) is 0 Å². The summed E-state index contributed by atoms with van der Waals surface area (Å²) in [6.45, 7) is 2.00. The lowest BCUT2D eigenvalue weighted by atomic mass is 10.2. The average molecular weight is 262 g/mol. The van der Waals surface area contributed by atoms with Crippen molar-refractivity contribution in [3.8, 4) is 5.75 Å². The first kappa shape index (κ1) is 13.6. The number of rotatable bonds is 8. The molecule has 2 rings (SSSR count). The monoisotopic (exact) mass is 262 g/mol. The fraction of sp³-hybridized carbons (Fsp3) is 0.400. The zero-order valence-electron chi connectivity index (χ0n) is 10.7. The fourth-order valence-electron chi connectivity index (χ4n) is 1.60. The van der Waals surface area contributed by atoms with Crippen LogP contribution in [0.1, 0.15) is 18.4 Å². The number of carboxylic acids is 1. The first-order valence-electron chi connectivity index (χ1n) is 6.45. The van der Waals surface area contributed by atoms with Gasteiger partial charge in [0.15, 0.2) is 0 Å². The second kappa shape index (κ2) is 6.95. The highest BCUT2D eigenvalue weighted by atomic mass is 16.5. The highest BCUT2D eigenvalue weighted by molar-refractivity contribution is 5.85. The van der Waals surface area contributed by atoms with Gasteiger partial charge in [0.2, 0.25) is 0 Å². The molecule has 0 saturated heterocycles. The van der Waals surface area contributed by atoms with E-state index < -0.39 is 5.97 Å². The lowest BCUT2D eigenvalue weighted by molar-refractivity contribution is -0.131. The van der Waals surface area contributed by atoms with Crippen LogP contribution in [0.4, 0.5) is 0 Å². The number of carbonyl (C=O) groups is 1. The Kier molecular flexibility index (Phi) is 4.98. The third-order valence-electron chi connectivity index (χ3n) is 2.85. The van der Waals surface area contributed by atoms with Gasteiger partial charge >= 0.3 is 5.97 Å². The van der Waals surface area contributed by atoms with E-state index in [4.69, 9.17) is 14.6 Å². The number of carboxylic acid groups (broad SMARTS) is 1. The van der Waals surface area contributed by atoms with Gasteiger partial charge in [-0.2, -0.15) is 0 Å². The smallest absolute Gasteiger partial charge is 0.328 e. The lowest BCUT2D eigenvalue weighted by Crippen LogP contribution is -2.08. The summed E-state index contributed by atoms with van der Waals surface area (Å²) < 4.78 is 11.0. The zero-order valence-corrected chi connectivity index (χ0v) is 10.7. The van der Waals surface area contributed by atoms with Gasteiger partial charge in [0.1, 0.15) is 12.4 Å². The number of hydrogen-bond acceptors (Lipinski definition) is 3. The Labute approximate surface area is 112 Å². The molecule has 1 aliphatic carbocycles. The fourth-order valence-corrected chi connectivity index (χ4v) is 1.60. The Hall–Kier alpha value is -1.81. The molecule has 0 spiro atoms. The van der Waals surface area contributed by atoms with Crippen LogP contribution in [-0.2, 0) is 9.53 Å². The summed E-state index contributed by atoms with van der Waals surface area (Å²) >= 11 is 0. The van der Waals surface area contributed by atoms with Crippen molar-refractivity contribution in [1.29, 1.82) is 0 Å². The molecule has 0 atom stereocenters. The van der Waals surface area contributed by atoms with Gasteiger partial charge in [0.05, 0.1) is 6.61 Å². The van der Waals surface area contributed by atoms with Crippen molar-refractivity contribution in [1.82, 2.24) is 0 Å². The van der Waals surface area contributed by atoms with Crippen LogP contribution >= 0.6 is 0 Å². The molecule has 1 fully saturated rings. The average Bonchev–Trinajstić information content (AvgIpc) is 3.21. The molecule has 0 radical (unpaired) electrons. The molecule has 1 aromatic carbocycles. The van der Waals surface area contributed by atoms with Gasteiger partial charge in [-0.25, -0.2) is 4.79 Å². The maximum atomic E-state index is 10.4. The summed E-state index contributed by atoms with van der Waals surface area (Å²) in [6.07, 6.45) is 5.25. The summed E-state index contributed by atoms with van der Waals surface area (Å²) in [5.41, 5.74) is 0.833. The van der Waals surface area contributed by atoms with Crippen LogP contribution in [0.25, 0.3) is 6.08 Å². The van der Waals surface area contributed by atoms with Crippen molar-refractivity contribution in [3.05, 3.63) is 35.9 Å². The van der Waals surface area contributed by atoms with Crippen LogP contribution in [0.2, 0.25) is 0 Å². The number of benzene rings is 1. The van der Waals surface area contributed by atoms with Gasteiger partial charge in [0, 0.05) is 12.7 Å². The van der Waals surface area contributed by atoms with E-state index in [1.807, 2.05) is 24.3 Å². The Balaban J connectivity index is 1.67. The van der Waals surface area contributed by atoms with E-state index in [2.05, 4.69) is 0 Å². The molecule has 1 N–H and O–H groups in total. The maximum Gasteiger partial charge on any atom is 0.328 e. The SMILES string of the molecule is O=C(O)C=Cc1ccc(OCCOCC2CC2)cc1. The van der Waals surface area contributed by atoms with Crippen molar-refractivity contribution in [2.45, 2.75) is 12.8 Å². The molecule has 0 bridgehead atoms. The van der Waals surface area contributed by atoms with Gasteiger partial charge in [-0.05, 0) is 42.5 Å². The second-order valence-corrected chi connectivity index (χ2v) is 4.61. The summed E-state index contributed by atoms with van der Waals surface area (Å²) in [6, 6.07) is 7.28. The van der Waals surface area contributed by atoms with Crippen LogP contribution in [0.15, 0.2) is 30.3 Å². The Morgan fingerprint density at radius 2 is 2.00 bits per heavy atom.